The van der Waals surface area contributed by atoms with Gasteiger partial charge >= 0.3 is 0 Å². The highest BCUT2D eigenvalue weighted by molar-refractivity contribution is 7.89. The van der Waals surface area contributed by atoms with Crippen LogP contribution in [0.25, 0.3) is 0 Å². The summed E-state index contributed by atoms with van der Waals surface area (Å²) in [5.74, 6) is -0.177. The van der Waals surface area contributed by atoms with E-state index in [1.54, 1.807) is 12.1 Å². The molecule has 0 spiro atoms. The van der Waals surface area contributed by atoms with Gasteiger partial charge in [0.25, 0.3) is 0 Å². The Morgan fingerprint density at radius 1 is 1.15 bits per heavy atom. The Labute approximate surface area is 155 Å². The third kappa shape index (κ3) is 5.94. The normalized spacial score (nSPS) is 11.6. The molecule has 0 saturated heterocycles. The van der Waals surface area contributed by atoms with Crippen LogP contribution >= 0.6 is 0 Å². The number of rotatable bonds is 7. The summed E-state index contributed by atoms with van der Waals surface area (Å²) in [6, 6.07) is 12.3. The lowest BCUT2D eigenvalue weighted by molar-refractivity contribution is -0.116. The molecule has 0 unspecified atom stereocenters. The maximum atomic E-state index is 12.1. The Morgan fingerprint density at radius 3 is 2.54 bits per heavy atom. The van der Waals surface area contributed by atoms with Crippen molar-refractivity contribution < 1.29 is 13.2 Å². The lowest BCUT2D eigenvalue weighted by Gasteiger charge is -2.18. The molecular weight excluding hydrogens is 350 g/mol. The number of carbonyl (C=O) groups excluding carboxylic acids is 1. The minimum Gasteiger partial charge on any atom is -0.326 e. The Morgan fingerprint density at radius 2 is 1.88 bits per heavy atom. The van der Waals surface area contributed by atoms with Gasteiger partial charge in [0.15, 0.2) is 0 Å². The zero-order valence-electron chi connectivity index (χ0n) is 15.3. The molecule has 2 aromatic carbocycles. The van der Waals surface area contributed by atoms with Crippen LogP contribution in [0.4, 0.5) is 5.69 Å². The van der Waals surface area contributed by atoms with Crippen molar-refractivity contribution in [3.63, 3.8) is 0 Å². The van der Waals surface area contributed by atoms with E-state index in [9.17, 15) is 13.2 Å². The van der Waals surface area contributed by atoms with Gasteiger partial charge in [-0.05, 0) is 50.2 Å². The van der Waals surface area contributed by atoms with Crippen LogP contribution in [0.15, 0.2) is 47.4 Å². The molecule has 2 aromatic rings. The number of nitrogens with zero attached hydrogens (tertiary/aromatic N) is 1. The summed E-state index contributed by atoms with van der Waals surface area (Å²) in [6.45, 7) is 5.51. The molecule has 140 valence electrons. The average molecular weight is 375 g/mol. The van der Waals surface area contributed by atoms with E-state index >= 15 is 0 Å². The highest BCUT2D eigenvalue weighted by Gasteiger charge is 2.10. The van der Waals surface area contributed by atoms with Crippen LogP contribution in [0.3, 0.4) is 0 Å². The second-order valence-corrected chi connectivity index (χ2v) is 8.10. The molecule has 6 nitrogen and oxygen atoms in total. The molecule has 0 bridgehead atoms. The number of anilines is 1. The van der Waals surface area contributed by atoms with Crippen LogP contribution in [0.5, 0.6) is 0 Å². The van der Waals surface area contributed by atoms with E-state index in [0.29, 0.717) is 18.7 Å². The number of hydrogen-bond acceptors (Lipinski definition) is 4. The van der Waals surface area contributed by atoms with Gasteiger partial charge in [0.2, 0.25) is 15.9 Å². The summed E-state index contributed by atoms with van der Waals surface area (Å²) in [4.78, 5) is 14.2. The average Bonchev–Trinajstić information content (AvgIpc) is 2.55. The summed E-state index contributed by atoms with van der Waals surface area (Å²) in [6.07, 6.45) is 0.307. The van der Waals surface area contributed by atoms with Crippen molar-refractivity contribution in [2.75, 3.05) is 18.9 Å². The third-order valence-electron chi connectivity index (χ3n) is 4.11. The van der Waals surface area contributed by atoms with Gasteiger partial charge in [-0.1, -0.05) is 29.8 Å². The highest BCUT2D eigenvalue weighted by atomic mass is 32.2. The SMILES string of the molecule is Cc1ccc(CN(C)CCC(=O)Nc2cccc(S(N)(=O)=O)c2)c(C)c1. The lowest BCUT2D eigenvalue weighted by atomic mass is 10.1. The standard InChI is InChI=1S/C19H25N3O3S/c1-14-7-8-16(15(2)11-14)13-22(3)10-9-19(23)21-17-5-4-6-18(12-17)26(20,24)25/h4-8,11-12H,9-10,13H2,1-3H3,(H,21,23)(H2,20,24,25). The molecule has 26 heavy (non-hydrogen) atoms. The van der Waals surface area contributed by atoms with Crippen molar-refractivity contribution in [1.82, 2.24) is 4.90 Å². The van der Waals surface area contributed by atoms with Crippen LogP contribution in [-0.4, -0.2) is 32.8 Å². The van der Waals surface area contributed by atoms with Gasteiger partial charge < -0.3 is 10.2 Å². The first-order valence-corrected chi connectivity index (χ1v) is 9.87. The van der Waals surface area contributed by atoms with Gasteiger partial charge in [0, 0.05) is 25.2 Å². The second kappa shape index (κ2) is 8.44. The minimum atomic E-state index is -3.79. The molecule has 0 aliphatic carbocycles. The molecule has 0 radical (unpaired) electrons. The Bertz CT molecular complexity index is 895. The van der Waals surface area contributed by atoms with E-state index in [0.717, 1.165) is 6.54 Å². The molecule has 2 rings (SSSR count). The van der Waals surface area contributed by atoms with Crippen LogP contribution in [0, 0.1) is 13.8 Å². The molecule has 0 aliphatic heterocycles. The first-order valence-electron chi connectivity index (χ1n) is 8.32. The van der Waals surface area contributed by atoms with E-state index in [-0.39, 0.29) is 10.8 Å². The zero-order valence-corrected chi connectivity index (χ0v) is 16.1. The number of carbonyl (C=O) groups is 1. The molecule has 0 aromatic heterocycles. The minimum absolute atomic E-state index is 0.0257. The van der Waals surface area contributed by atoms with Crippen molar-refractivity contribution in [1.29, 1.82) is 0 Å². The summed E-state index contributed by atoms with van der Waals surface area (Å²) in [7, 11) is -1.82. The highest BCUT2D eigenvalue weighted by Crippen LogP contribution is 2.15. The maximum Gasteiger partial charge on any atom is 0.238 e. The number of nitrogens with two attached hydrogens (primary N) is 1. The number of benzene rings is 2. The van der Waals surface area contributed by atoms with Crippen molar-refractivity contribution in [2.24, 2.45) is 5.14 Å². The monoisotopic (exact) mass is 375 g/mol. The summed E-state index contributed by atoms with van der Waals surface area (Å²) >= 11 is 0. The number of amides is 1. The number of primary sulfonamides is 1. The summed E-state index contributed by atoms with van der Waals surface area (Å²) in [5.41, 5.74) is 4.12. The van der Waals surface area contributed by atoms with Gasteiger partial charge in [-0.2, -0.15) is 0 Å². The predicted octanol–water partition coefficient (Wildman–Crippen LogP) is 2.41. The molecule has 0 aliphatic rings. The molecular formula is C19H25N3O3S. The van der Waals surface area contributed by atoms with Crippen molar-refractivity contribution in [3.05, 3.63) is 59.2 Å². The van der Waals surface area contributed by atoms with E-state index in [1.807, 2.05) is 7.05 Å². The van der Waals surface area contributed by atoms with E-state index in [1.165, 1.54) is 28.8 Å². The Kier molecular flexibility index (Phi) is 6.52. The first kappa shape index (κ1) is 20.1. The lowest BCUT2D eigenvalue weighted by Crippen LogP contribution is -2.24. The predicted molar refractivity (Wildman–Crippen MR) is 103 cm³/mol. The topological polar surface area (TPSA) is 92.5 Å². The summed E-state index contributed by atoms with van der Waals surface area (Å²) < 4.78 is 22.7. The van der Waals surface area contributed by atoms with Crippen LogP contribution < -0.4 is 10.5 Å². The van der Waals surface area contributed by atoms with Crippen LogP contribution in [0.1, 0.15) is 23.1 Å². The fraction of sp³-hybridized carbons (Fsp3) is 0.316. The van der Waals surface area contributed by atoms with Crippen molar-refractivity contribution in [3.8, 4) is 0 Å². The first-order chi connectivity index (χ1) is 12.1. The summed E-state index contributed by atoms with van der Waals surface area (Å²) in [5, 5.41) is 7.81. The fourth-order valence-corrected chi connectivity index (χ4v) is 3.22. The largest absolute Gasteiger partial charge is 0.326 e. The molecule has 7 heteroatoms. The van der Waals surface area contributed by atoms with Crippen molar-refractivity contribution in [2.45, 2.75) is 31.7 Å². The van der Waals surface area contributed by atoms with E-state index < -0.39 is 10.0 Å². The Hall–Kier alpha value is -2.22. The number of hydrogen-bond donors (Lipinski definition) is 2. The maximum absolute atomic E-state index is 12.1. The van der Waals surface area contributed by atoms with Gasteiger partial charge in [0.05, 0.1) is 4.90 Å². The quantitative estimate of drug-likeness (QED) is 0.777. The molecule has 0 heterocycles. The molecule has 3 N–H and O–H groups in total. The number of aryl methyl sites for hydroxylation is 2. The molecule has 0 saturated carbocycles. The van der Waals surface area contributed by atoms with Gasteiger partial charge in [-0.25, -0.2) is 13.6 Å². The van der Waals surface area contributed by atoms with Gasteiger partial charge in [-0.15, -0.1) is 0 Å². The fourth-order valence-electron chi connectivity index (χ4n) is 2.66. The molecule has 1 amide bonds. The second-order valence-electron chi connectivity index (χ2n) is 6.54. The van der Waals surface area contributed by atoms with E-state index in [4.69, 9.17) is 5.14 Å². The number of sulfonamides is 1. The van der Waals surface area contributed by atoms with E-state index in [2.05, 4.69) is 42.3 Å². The van der Waals surface area contributed by atoms with Gasteiger partial charge in [-0.3, -0.25) is 4.79 Å². The zero-order chi connectivity index (χ0) is 19.3. The smallest absolute Gasteiger partial charge is 0.238 e. The molecule has 0 atom stereocenters. The third-order valence-corrected chi connectivity index (χ3v) is 5.02. The van der Waals surface area contributed by atoms with Crippen LogP contribution in [-0.2, 0) is 21.4 Å². The molecule has 0 fully saturated rings. The van der Waals surface area contributed by atoms with Gasteiger partial charge in [0.1, 0.15) is 0 Å². The Balaban J connectivity index is 1.88. The number of nitrogens with one attached hydrogen (secondary N) is 1. The van der Waals surface area contributed by atoms with Crippen LogP contribution in [0.2, 0.25) is 0 Å². The van der Waals surface area contributed by atoms with Crippen molar-refractivity contribution >= 4 is 21.6 Å².